The molecule has 0 radical (unpaired) electrons. The van der Waals surface area contributed by atoms with Gasteiger partial charge in [0.05, 0.1) is 17.8 Å². The average molecular weight is 229 g/mol. The summed E-state index contributed by atoms with van der Waals surface area (Å²) >= 11 is 1.64. The monoisotopic (exact) mass is 229 g/mol. The van der Waals surface area contributed by atoms with Gasteiger partial charge in [-0.2, -0.15) is 0 Å². The first kappa shape index (κ1) is 12.6. The van der Waals surface area contributed by atoms with Crippen molar-refractivity contribution in [2.24, 2.45) is 0 Å². The van der Waals surface area contributed by atoms with Gasteiger partial charge in [-0.05, 0) is 14.1 Å². The first-order valence-electron chi connectivity index (χ1n) is 4.98. The van der Waals surface area contributed by atoms with Crippen LogP contribution in [0.5, 0.6) is 0 Å². The summed E-state index contributed by atoms with van der Waals surface area (Å²) in [6.45, 7) is 2.54. The maximum atomic E-state index is 5.20. The van der Waals surface area contributed by atoms with E-state index in [1.54, 1.807) is 18.4 Å². The van der Waals surface area contributed by atoms with Gasteiger partial charge in [0.2, 0.25) is 0 Å². The van der Waals surface area contributed by atoms with Crippen LogP contribution < -0.4 is 5.32 Å². The molecule has 15 heavy (non-hydrogen) atoms. The minimum Gasteiger partial charge on any atom is -0.383 e. The van der Waals surface area contributed by atoms with Gasteiger partial charge in [-0.3, -0.25) is 4.90 Å². The zero-order valence-corrected chi connectivity index (χ0v) is 10.4. The van der Waals surface area contributed by atoms with Gasteiger partial charge in [0.1, 0.15) is 0 Å². The number of ether oxygens (including phenoxy) is 1. The van der Waals surface area contributed by atoms with Crippen molar-refractivity contribution in [3.05, 3.63) is 16.6 Å². The molecule has 0 spiro atoms. The van der Waals surface area contributed by atoms with Gasteiger partial charge < -0.3 is 10.1 Å². The summed E-state index contributed by atoms with van der Waals surface area (Å²) < 4.78 is 5.20. The number of hydrogen-bond acceptors (Lipinski definition) is 5. The molecule has 1 heterocycles. The molecule has 1 rings (SSSR count). The number of aromatic nitrogens is 1. The van der Waals surface area contributed by atoms with Crippen molar-refractivity contribution in [2.45, 2.75) is 12.6 Å². The highest BCUT2D eigenvalue weighted by Gasteiger charge is 2.14. The highest BCUT2D eigenvalue weighted by atomic mass is 32.1. The minimum atomic E-state index is 0.390. The van der Waals surface area contributed by atoms with Gasteiger partial charge in [0, 0.05) is 31.6 Å². The van der Waals surface area contributed by atoms with E-state index in [1.807, 2.05) is 12.6 Å². The molecule has 0 aliphatic heterocycles. The zero-order valence-electron chi connectivity index (χ0n) is 9.56. The van der Waals surface area contributed by atoms with Crippen LogP contribution in [0.4, 0.5) is 0 Å². The van der Waals surface area contributed by atoms with Crippen molar-refractivity contribution < 1.29 is 4.74 Å². The summed E-state index contributed by atoms with van der Waals surface area (Å²) in [5, 5.41) is 5.26. The smallest absolute Gasteiger partial charge is 0.0795 e. The number of likely N-dealkylation sites (N-methyl/N-ethyl adjacent to an activating group) is 2. The normalized spacial score (nSPS) is 13.3. The quantitative estimate of drug-likeness (QED) is 0.751. The third-order valence-corrected chi connectivity index (χ3v) is 2.95. The molecule has 0 bridgehead atoms. The second kappa shape index (κ2) is 6.90. The number of methoxy groups -OCH3 is 1. The van der Waals surface area contributed by atoms with E-state index in [0.29, 0.717) is 6.04 Å². The molecule has 0 amide bonds. The van der Waals surface area contributed by atoms with Crippen molar-refractivity contribution in [3.8, 4) is 0 Å². The van der Waals surface area contributed by atoms with E-state index in [4.69, 9.17) is 4.74 Å². The fourth-order valence-corrected chi connectivity index (χ4v) is 2.02. The minimum absolute atomic E-state index is 0.390. The molecule has 5 heteroatoms. The van der Waals surface area contributed by atoms with Crippen LogP contribution in [0, 0.1) is 0 Å². The van der Waals surface area contributed by atoms with E-state index < -0.39 is 0 Å². The van der Waals surface area contributed by atoms with Crippen molar-refractivity contribution in [1.29, 1.82) is 0 Å². The maximum Gasteiger partial charge on any atom is 0.0795 e. The molecule has 0 aromatic carbocycles. The van der Waals surface area contributed by atoms with Gasteiger partial charge in [-0.1, -0.05) is 0 Å². The van der Waals surface area contributed by atoms with Crippen molar-refractivity contribution in [1.82, 2.24) is 15.2 Å². The third kappa shape index (κ3) is 4.25. The molecule has 1 aromatic heterocycles. The lowest BCUT2D eigenvalue weighted by molar-refractivity contribution is 0.102. The predicted octanol–water partition coefficient (Wildman–Crippen LogP) is 0.809. The van der Waals surface area contributed by atoms with Gasteiger partial charge in [-0.15, -0.1) is 11.3 Å². The van der Waals surface area contributed by atoms with E-state index in [-0.39, 0.29) is 0 Å². The number of nitrogens with zero attached hydrogens (tertiary/aromatic N) is 2. The van der Waals surface area contributed by atoms with Crippen LogP contribution in [0.2, 0.25) is 0 Å². The predicted molar refractivity (Wildman–Crippen MR) is 63.2 cm³/mol. The molecule has 0 saturated carbocycles. The maximum absolute atomic E-state index is 5.20. The second-order valence-corrected chi connectivity index (χ2v) is 4.28. The van der Waals surface area contributed by atoms with E-state index in [0.717, 1.165) is 25.4 Å². The summed E-state index contributed by atoms with van der Waals surface area (Å²) in [5.74, 6) is 0. The summed E-state index contributed by atoms with van der Waals surface area (Å²) in [6.07, 6.45) is 0. The fourth-order valence-electron chi connectivity index (χ4n) is 1.47. The summed E-state index contributed by atoms with van der Waals surface area (Å²) in [6, 6.07) is 0.390. The molecule has 0 saturated heterocycles. The molecule has 1 atom stereocenters. The van der Waals surface area contributed by atoms with Crippen LogP contribution in [-0.4, -0.2) is 50.3 Å². The van der Waals surface area contributed by atoms with Crippen molar-refractivity contribution >= 4 is 11.3 Å². The Kier molecular flexibility index (Phi) is 5.78. The molecule has 1 N–H and O–H groups in total. The van der Waals surface area contributed by atoms with Crippen LogP contribution in [0.25, 0.3) is 0 Å². The highest BCUT2D eigenvalue weighted by Crippen LogP contribution is 2.06. The molecule has 1 aromatic rings. The fraction of sp³-hybridized carbons (Fsp3) is 0.700. The largest absolute Gasteiger partial charge is 0.383 e. The number of thiazole rings is 1. The Balaban J connectivity index is 2.44. The van der Waals surface area contributed by atoms with Crippen LogP contribution in [0.15, 0.2) is 10.9 Å². The Hall–Kier alpha value is -0.490. The average Bonchev–Trinajstić information content (AvgIpc) is 2.70. The van der Waals surface area contributed by atoms with Crippen LogP contribution in [0.1, 0.15) is 5.69 Å². The van der Waals surface area contributed by atoms with E-state index in [9.17, 15) is 0 Å². The van der Waals surface area contributed by atoms with Crippen molar-refractivity contribution in [3.63, 3.8) is 0 Å². The standard InChI is InChI=1S/C10H19N3OS/c1-11-4-10(6-14-3)13(2)5-9-7-15-8-12-9/h7-8,10-11H,4-6H2,1-3H3. The Morgan fingerprint density at radius 2 is 2.47 bits per heavy atom. The molecular formula is C10H19N3OS. The first-order chi connectivity index (χ1) is 7.27. The first-order valence-corrected chi connectivity index (χ1v) is 5.93. The summed E-state index contributed by atoms with van der Waals surface area (Å²) in [5.41, 5.74) is 2.99. The van der Waals surface area contributed by atoms with Gasteiger partial charge in [0.15, 0.2) is 0 Å². The molecule has 0 aliphatic carbocycles. The lowest BCUT2D eigenvalue weighted by atomic mass is 10.2. The van der Waals surface area contributed by atoms with Crippen LogP contribution in [-0.2, 0) is 11.3 Å². The summed E-state index contributed by atoms with van der Waals surface area (Å²) in [7, 11) is 5.79. The van der Waals surface area contributed by atoms with Crippen LogP contribution in [0.3, 0.4) is 0 Å². The molecule has 1 unspecified atom stereocenters. The SMILES string of the molecule is CNCC(COC)N(C)Cc1cscn1. The Bertz CT molecular complexity index is 247. The number of rotatable bonds is 7. The molecule has 0 fully saturated rings. The number of nitrogens with one attached hydrogen (secondary N) is 1. The summed E-state index contributed by atoms with van der Waals surface area (Å²) in [4.78, 5) is 6.53. The van der Waals surface area contributed by atoms with Crippen LogP contribution >= 0.6 is 11.3 Å². The Morgan fingerprint density at radius 3 is 3.00 bits per heavy atom. The lowest BCUT2D eigenvalue weighted by Gasteiger charge is -2.26. The third-order valence-electron chi connectivity index (χ3n) is 2.32. The zero-order chi connectivity index (χ0) is 11.1. The Labute approximate surface area is 95.3 Å². The second-order valence-electron chi connectivity index (χ2n) is 3.56. The van der Waals surface area contributed by atoms with E-state index in [1.165, 1.54) is 0 Å². The van der Waals surface area contributed by atoms with Gasteiger partial charge >= 0.3 is 0 Å². The topological polar surface area (TPSA) is 37.4 Å². The molecule has 4 nitrogen and oxygen atoms in total. The molecule has 0 aliphatic rings. The lowest BCUT2D eigenvalue weighted by Crippen LogP contribution is -2.41. The van der Waals surface area contributed by atoms with Crippen molar-refractivity contribution in [2.75, 3.05) is 34.4 Å². The highest BCUT2D eigenvalue weighted by molar-refractivity contribution is 7.07. The molecular weight excluding hydrogens is 210 g/mol. The molecule has 86 valence electrons. The van der Waals surface area contributed by atoms with Gasteiger partial charge in [-0.25, -0.2) is 4.98 Å². The Morgan fingerprint density at radius 1 is 1.67 bits per heavy atom. The van der Waals surface area contributed by atoms with Gasteiger partial charge in [0.25, 0.3) is 0 Å². The number of hydrogen-bond donors (Lipinski definition) is 1. The van der Waals surface area contributed by atoms with E-state index >= 15 is 0 Å². The van der Waals surface area contributed by atoms with E-state index in [2.05, 4.69) is 27.6 Å².